The van der Waals surface area contributed by atoms with E-state index in [9.17, 15) is 13.2 Å². The summed E-state index contributed by atoms with van der Waals surface area (Å²) in [6, 6.07) is 2.94. The number of hydrogen-bond acceptors (Lipinski definition) is 4. The molecule has 0 N–H and O–H groups in total. The Kier molecular flexibility index (Phi) is 3.99. The van der Waals surface area contributed by atoms with Crippen LogP contribution < -0.4 is 4.90 Å². The Hall–Kier alpha value is -2.12. The number of anilines is 1. The first-order chi connectivity index (χ1) is 10.8. The number of aromatic nitrogens is 4. The Morgan fingerprint density at radius 1 is 1.30 bits per heavy atom. The lowest BCUT2D eigenvalue weighted by Gasteiger charge is -2.25. The number of rotatable bonds is 3. The number of aryl methyl sites for hydroxylation is 2. The molecule has 23 heavy (non-hydrogen) atoms. The van der Waals surface area contributed by atoms with Gasteiger partial charge in [0.15, 0.2) is 0 Å². The second kappa shape index (κ2) is 5.82. The molecular weight excluding hydrogens is 307 g/mol. The lowest BCUT2D eigenvalue weighted by molar-refractivity contribution is -0.141. The summed E-state index contributed by atoms with van der Waals surface area (Å²) in [7, 11) is 0. The van der Waals surface area contributed by atoms with Gasteiger partial charge in [-0.3, -0.25) is 4.68 Å². The van der Waals surface area contributed by atoms with Crippen LogP contribution in [0.3, 0.4) is 0 Å². The minimum absolute atomic E-state index is 0.0523. The highest BCUT2D eigenvalue weighted by Crippen LogP contribution is 2.30. The van der Waals surface area contributed by atoms with Gasteiger partial charge in [-0.1, -0.05) is 0 Å². The van der Waals surface area contributed by atoms with Crippen molar-refractivity contribution in [2.75, 3.05) is 11.4 Å². The maximum Gasteiger partial charge on any atom is 0.433 e. The summed E-state index contributed by atoms with van der Waals surface area (Å²) in [5.41, 5.74) is 1.07. The van der Waals surface area contributed by atoms with Crippen molar-refractivity contribution in [3.05, 3.63) is 35.4 Å². The van der Waals surface area contributed by atoms with Gasteiger partial charge in [-0.2, -0.15) is 18.3 Å². The summed E-state index contributed by atoms with van der Waals surface area (Å²) >= 11 is 0. The molecule has 1 atom stereocenters. The molecule has 124 valence electrons. The first kappa shape index (κ1) is 15.8. The molecule has 0 radical (unpaired) electrons. The van der Waals surface area contributed by atoms with E-state index in [2.05, 4.69) is 15.1 Å². The zero-order chi connectivity index (χ0) is 16.6. The monoisotopic (exact) mass is 325 g/mol. The van der Waals surface area contributed by atoms with Crippen LogP contribution in [0.5, 0.6) is 0 Å². The minimum Gasteiger partial charge on any atom is -0.336 e. The Labute approximate surface area is 132 Å². The standard InChI is InChI=1S/C15H18F3N5/c1-10-8-11(2)23(21-10)9-12-4-3-7-22(12)14-19-6-5-13(20-14)15(16,17)18/h5-6,8,12H,3-4,7,9H2,1-2H3. The van der Waals surface area contributed by atoms with Crippen LogP contribution in [-0.4, -0.2) is 32.3 Å². The molecule has 0 bridgehead atoms. The molecule has 1 aliphatic rings. The summed E-state index contributed by atoms with van der Waals surface area (Å²) < 4.78 is 40.4. The van der Waals surface area contributed by atoms with E-state index in [1.807, 2.05) is 29.5 Å². The first-order valence-electron chi connectivity index (χ1n) is 7.52. The molecule has 2 aromatic rings. The van der Waals surface area contributed by atoms with E-state index in [0.29, 0.717) is 13.1 Å². The van der Waals surface area contributed by atoms with E-state index < -0.39 is 11.9 Å². The normalized spacial score (nSPS) is 18.7. The van der Waals surface area contributed by atoms with Gasteiger partial charge in [0.2, 0.25) is 5.95 Å². The van der Waals surface area contributed by atoms with Crippen molar-refractivity contribution in [1.82, 2.24) is 19.7 Å². The van der Waals surface area contributed by atoms with E-state index in [4.69, 9.17) is 0 Å². The molecule has 0 amide bonds. The van der Waals surface area contributed by atoms with Crippen LogP contribution in [-0.2, 0) is 12.7 Å². The fourth-order valence-corrected chi connectivity index (χ4v) is 2.99. The van der Waals surface area contributed by atoms with Gasteiger partial charge in [-0.15, -0.1) is 0 Å². The highest BCUT2D eigenvalue weighted by atomic mass is 19.4. The van der Waals surface area contributed by atoms with Gasteiger partial charge in [0.25, 0.3) is 0 Å². The molecule has 3 heterocycles. The van der Waals surface area contributed by atoms with E-state index in [-0.39, 0.29) is 12.0 Å². The molecule has 0 aliphatic carbocycles. The highest BCUT2D eigenvalue weighted by Gasteiger charge is 2.34. The van der Waals surface area contributed by atoms with Crippen molar-refractivity contribution in [1.29, 1.82) is 0 Å². The van der Waals surface area contributed by atoms with Crippen LogP contribution in [0.15, 0.2) is 18.3 Å². The summed E-state index contributed by atoms with van der Waals surface area (Å²) in [4.78, 5) is 9.60. The molecule has 8 heteroatoms. The smallest absolute Gasteiger partial charge is 0.336 e. The van der Waals surface area contributed by atoms with Gasteiger partial charge in [0, 0.05) is 18.4 Å². The third kappa shape index (κ3) is 3.30. The van der Waals surface area contributed by atoms with Gasteiger partial charge >= 0.3 is 6.18 Å². The first-order valence-corrected chi connectivity index (χ1v) is 7.52. The minimum atomic E-state index is -4.46. The zero-order valence-electron chi connectivity index (χ0n) is 13.0. The van der Waals surface area contributed by atoms with E-state index >= 15 is 0 Å². The van der Waals surface area contributed by atoms with E-state index in [1.165, 1.54) is 6.20 Å². The van der Waals surface area contributed by atoms with Gasteiger partial charge in [-0.05, 0) is 38.8 Å². The molecule has 1 aliphatic heterocycles. The average Bonchev–Trinajstić information content (AvgIpc) is 3.05. The lowest BCUT2D eigenvalue weighted by atomic mass is 10.2. The fourth-order valence-electron chi connectivity index (χ4n) is 2.99. The predicted octanol–water partition coefficient (Wildman–Crippen LogP) is 2.98. The van der Waals surface area contributed by atoms with Gasteiger partial charge in [-0.25, -0.2) is 9.97 Å². The topological polar surface area (TPSA) is 46.8 Å². The summed E-state index contributed by atoms with van der Waals surface area (Å²) in [5, 5.41) is 4.43. The number of halogens is 3. The largest absolute Gasteiger partial charge is 0.433 e. The van der Waals surface area contributed by atoms with Crippen molar-refractivity contribution in [2.45, 2.75) is 45.5 Å². The van der Waals surface area contributed by atoms with Crippen LogP contribution in [0.1, 0.15) is 29.9 Å². The molecule has 2 aromatic heterocycles. The Morgan fingerprint density at radius 2 is 2.09 bits per heavy atom. The molecule has 5 nitrogen and oxygen atoms in total. The molecule has 1 saturated heterocycles. The predicted molar refractivity (Wildman–Crippen MR) is 79.1 cm³/mol. The quantitative estimate of drug-likeness (QED) is 0.870. The number of nitrogens with zero attached hydrogens (tertiary/aromatic N) is 5. The molecule has 0 saturated carbocycles. The maximum atomic E-state index is 12.8. The third-order valence-electron chi connectivity index (χ3n) is 4.05. The molecule has 0 spiro atoms. The Balaban J connectivity index is 1.83. The van der Waals surface area contributed by atoms with Crippen molar-refractivity contribution in [2.24, 2.45) is 0 Å². The van der Waals surface area contributed by atoms with Gasteiger partial charge < -0.3 is 4.90 Å². The maximum absolute atomic E-state index is 12.8. The Morgan fingerprint density at radius 3 is 2.74 bits per heavy atom. The van der Waals surface area contributed by atoms with Crippen molar-refractivity contribution in [3.8, 4) is 0 Å². The fraction of sp³-hybridized carbons (Fsp3) is 0.533. The molecule has 1 unspecified atom stereocenters. The molecule has 0 aromatic carbocycles. The third-order valence-corrected chi connectivity index (χ3v) is 4.05. The highest BCUT2D eigenvalue weighted by molar-refractivity contribution is 5.34. The Bertz CT molecular complexity index is 695. The zero-order valence-corrected chi connectivity index (χ0v) is 13.0. The number of hydrogen-bond donors (Lipinski definition) is 0. The average molecular weight is 325 g/mol. The van der Waals surface area contributed by atoms with Crippen molar-refractivity contribution < 1.29 is 13.2 Å². The molecule has 3 rings (SSSR count). The second-order valence-corrected chi connectivity index (χ2v) is 5.84. The summed E-state index contributed by atoms with van der Waals surface area (Å²) in [5.74, 6) is 0.142. The van der Waals surface area contributed by atoms with Crippen LogP contribution in [0.4, 0.5) is 19.1 Å². The van der Waals surface area contributed by atoms with Gasteiger partial charge in [0.05, 0.1) is 18.3 Å². The van der Waals surface area contributed by atoms with E-state index in [1.54, 1.807) is 0 Å². The molecule has 1 fully saturated rings. The van der Waals surface area contributed by atoms with Crippen LogP contribution in [0, 0.1) is 13.8 Å². The summed E-state index contributed by atoms with van der Waals surface area (Å²) in [6.45, 7) is 5.18. The van der Waals surface area contributed by atoms with Crippen LogP contribution in [0.25, 0.3) is 0 Å². The van der Waals surface area contributed by atoms with Crippen LogP contribution in [0.2, 0.25) is 0 Å². The van der Waals surface area contributed by atoms with Crippen molar-refractivity contribution >= 4 is 5.95 Å². The second-order valence-electron chi connectivity index (χ2n) is 5.84. The SMILES string of the molecule is Cc1cc(C)n(CC2CCCN2c2nccc(C(F)(F)F)n2)n1. The van der Waals surface area contributed by atoms with E-state index in [0.717, 1.165) is 30.3 Å². The molecular formula is C15H18F3N5. The summed E-state index contributed by atoms with van der Waals surface area (Å²) in [6.07, 6.45) is -1.49. The number of alkyl halides is 3. The van der Waals surface area contributed by atoms with Gasteiger partial charge in [0.1, 0.15) is 5.69 Å². The lowest BCUT2D eigenvalue weighted by Crippen LogP contribution is -2.35. The van der Waals surface area contributed by atoms with Crippen molar-refractivity contribution in [3.63, 3.8) is 0 Å². The van der Waals surface area contributed by atoms with Crippen LogP contribution >= 0.6 is 0 Å².